The summed E-state index contributed by atoms with van der Waals surface area (Å²) in [6.07, 6.45) is 5.63. The fourth-order valence-corrected chi connectivity index (χ4v) is 2.19. The largest absolute Gasteiger partial charge is 0.314 e. The third kappa shape index (κ3) is 2.32. The predicted octanol–water partition coefficient (Wildman–Crippen LogP) is 2.01. The molecule has 0 aliphatic carbocycles. The first kappa shape index (κ1) is 9.66. The number of nitrogens with zero attached hydrogens (tertiary/aromatic N) is 1. The molecule has 76 valence electrons. The minimum atomic E-state index is 0.701. The Kier molecular flexibility index (Phi) is 3.14. The van der Waals surface area contributed by atoms with Gasteiger partial charge in [0.1, 0.15) is 0 Å². The Balaban J connectivity index is 1.90. The lowest BCUT2D eigenvalue weighted by Gasteiger charge is -2.18. The molecule has 0 spiro atoms. The van der Waals surface area contributed by atoms with Crippen molar-refractivity contribution >= 4 is 0 Å². The molecule has 1 aliphatic heterocycles. The van der Waals surface area contributed by atoms with Gasteiger partial charge in [-0.25, -0.2) is 0 Å². The van der Waals surface area contributed by atoms with E-state index in [2.05, 4.69) is 29.4 Å². The van der Waals surface area contributed by atoms with Crippen molar-refractivity contribution in [2.75, 3.05) is 6.54 Å². The van der Waals surface area contributed by atoms with Gasteiger partial charge in [0.05, 0.1) is 0 Å². The SMILES string of the molecule is CC(Cc1ccccn1)C1CCCN1. The average molecular weight is 190 g/mol. The zero-order valence-electron chi connectivity index (χ0n) is 8.74. The first-order valence-electron chi connectivity index (χ1n) is 5.49. The van der Waals surface area contributed by atoms with Gasteiger partial charge in [-0.05, 0) is 43.9 Å². The Labute approximate surface area is 85.7 Å². The number of nitrogens with one attached hydrogen (secondary N) is 1. The van der Waals surface area contributed by atoms with Crippen molar-refractivity contribution in [3.8, 4) is 0 Å². The highest BCUT2D eigenvalue weighted by Gasteiger charge is 2.20. The summed E-state index contributed by atoms with van der Waals surface area (Å²) >= 11 is 0. The normalized spacial score (nSPS) is 23.6. The van der Waals surface area contributed by atoms with Crippen LogP contribution in [0.25, 0.3) is 0 Å². The van der Waals surface area contributed by atoms with E-state index in [0.29, 0.717) is 12.0 Å². The molecule has 0 amide bonds. The Hall–Kier alpha value is -0.890. The number of rotatable bonds is 3. The zero-order valence-corrected chi connectivity index (χ0v) is 8.74. The Morgan fingerprint density at radius 3 is 3.14 bits per heavy atom. The van der Waals surface area contributed by atoms with Crippen molar-refractivity contribution in [3.05, 3.63) is 30.1 Å². The second-order valence-corrected chi connectivity index (χ2v) is 4.21. The highest BCUT2D eigenvalue weighted by molar-refractivity contribution is 5.05. The van der Waals surface area contributed by atoms with Crippen LogP contribution in [0.4, 0.5) is 0 Å². The molecule has 1 aromatic rings. The lowest BCUT2D eigenvalue weighted by atomic mass is 9.95. The van der Waals surface area contributed by atoms with Crippen LogP contribution in [-0.2, 0) is 6.42 Å². The molecule has 2 heterocycles. The summed E-state index contributed by atoms with van der Waals surface area (Å²) in [5, 5.41) is 3.55. The van der Waals surface area contributed by atoms with Gasteiger partial charge < -0.3 is 5.32 Å². The summed E-state index contributed by atoms with van der Waals surface area (Å²) in [6, 6.07) is 6.86. The van der Waals surface area contributed by atoms with Gasteiger partial charge in [0, 0.05) is 17.9 Å². The molecule has 2 heteroatoms. The van der Waals surface area contributed by atoms with Crippen molar-refractivity contribution in [1.82, 2.24) is 10.3 Å². The molecule has 2 rings (SSSR count). The first-order valence-corrected chi connectivity index (χ1v) is 5.49. The van der Waals surface area contributed by atoms with Gasteiger partial charge in [-0.15, -0.1) is 0 Å². The minimum Gasteiger partial charge on any atom is -0.314 e. The molecule has 1 aromatic heterocycles. The summed E-state index contributed by atoms with van der Waals surface area (Å²) in [6.45, 7) is 3.51. The summed E-state index contributed by atoms with van der Waals surface area (Å²) < 4.78 is 0. The van der Waals surface area contributed by atoms with E-state index in [0.717, 1.165) is 6.42 Å². The molecule has 1 aliphatic rings. The van der Waals surface area contributed by atoms with Gasteiger partial charge in [-0.3, -0.25) is 4.98 Å². The van der Waals surface area contributed by atoms with Gasteiger partial charge in [0.2, 0.25) is 0 Å². The van der Waals surface area contributed by atoms with Crippen LogP contribution in [0.1, 0.15) is 25.5 Å². The number of hydrogen-bond acceptors (Lipinski definition) is 2. The Bertz CT molecular complexity index is 265. The molecule has 2 atom stereocenters. The van der Waals surface area contributed by atoms with Crippen molar-refractivity contribution in [2.45, 2.75) is 32.2 Å². The second-order valence-electron chi connectivity index (χ2n) is 4.21. The molecule has 0 bridgehead atoms. The number of aromatic nitrogens is 1. The number of pyridine rings is 1. The molecule has 0 radical (unpaired) electrons. The molecule has 1 N–H and O–H groups in total. The standard InChI is InChI=1S/C12H18N2/c1-10(12-6-4-8-14-12)9-11-5-2-3-7-13-11/h2-3,5,7,10,12,14H,4,6,8-9H2,1H3. The van der Waals surface area contributed by atoms with Gasteiger partial charge >= 0.3 is 0 Å². The van der Waals surface area contributed by atoms with Crippen molar-refractivity contribution < 1.29 is 0 Å². The van der Waals surface area contributed by atoms with Crippen LogP contribution in [0.2, 0.25) is 0 Å². The van der Waals surface area contributed by atoms with Gasteiger partial charge in [-0.2, -0.15) is 0 Å². The zero-order chi connectivity index (χ0) is 9.80. The van der Waals surface area contributed by atoms with E-state index < -0.39 is 0 Å². The monoisotopic (exact) mass is 190 g/mol. The van der Waals surface area contributed by atoms with Crippen molar-refractivity contribution in [3.63, 3.8) is 0 Å². The molecule has 2 unspecified atom stereocenters. The molecule has 2 nitrogen and oxygen atoms in total. The van der Waals surface area contributed by atoms with Crippen LogP contribution < -0.4 is 5.32 Å². The maximum atomic E-state index is 4.36. The minimum absolute atomic E-state index is 0.701. The van der Waals surface area contributed by atoms with Crippen LogP contribution in [0.3, 0.4) is 0 Å². The van der Waals surface area contributed by atoms with E-state index in [1.807, 2.05) is 12.3 Å². The molecular weight excluding hydrogens is 172 g/mol. The fourth-order valence-electron chi connectivity index (χ4n) is 2.19. The summed E-state index contributed by atoms with van der Waals surface area (Å²) in [5.41, 5.74) is 1.22. The fraction of sp³-hybridized carbons (Fsp3) is 0.583. The quantitative estimate of drug-likeness (QED) is 0.788. The van der Waals surface area contributed by atoms with Crippen LogP contribution in [0.5, 0.6) is 0 Å². The van der Waals surface area contributed by atoms with Crippen LogP contribution >= 0.6 is 0 Å². The van der Waals surface area contributed by atoms with E-state index in [4.69, 9.17) is 0 Å². The Morgan fingerprint density at radius 1 is 1.57 bits per heavy atom. The predicted molar refractivity (Wildman–Crippen MR) is 58.1 cm³/mol. The van der Waals surface area contributed by atoms with Crippen molar-refractivity contribution in [1.29, 1.82) is 0 Å². The summed E-state index contributed by atoms with van der Waals surface area (Å²) in [4.78, 5) is 4.36. The maximum Gasteiger partial charge on any atom is 0.0406 e. The molecule has 0 saturated carbocycles. The highest BCUT2D eigenvalue weighted by atomic mass is 14.9. The van der Waals surface area contributed by atoms with Gasteiger partial charge in [0.15, 0.2) is 0 Å². The third-order valence-electron chi connectivity index (χ3n) is 3.04. The van der Waals surface area contributed by atoms with Crippen LogP contribution in [-0.4, -0.2) is 17.6 Å². The second kappa shape index (κ2) is 4.56. The van der Waals surface area contributed by atoms with E-state index in [9.17, 15) is 0 Å². The summed E-state index contributed by atoms with van der Waals surface area (Å²) in [7, 11) is 0. The Morgan fingerprint density at radius 2 is 2.50 bits per heavy atom. The lowest BCUT2D eigenvalue weighted by Crippen LogP contribution is -2.30. The molecular formula is C12H18N2. The molecule has 14 heavy (non-hydrogen) atoms. The van der Waals surface area contributed by atoms with Gasteiger partial charge in [-0.1, -0.05) is 13.0 Å². The summed E-state index contributed by atoms with van der Waals surface area (Å²) in [5.74, 6) is 0.701. The van der Waals surface area contributed by atoms with E-state index in [1.54, 1.807) is 0 Å². The maximum absolute atomic E-state index is 4.36. The highest BCUT2D eigenvalue weighted by Crippen LogP contribution is 2.17. The smallest absolute Gasteiger partial charge is 0.0406 e. The third-order valence-corrected chi connectivity index (χ3v) is 3.04. The molecule has 0 aromatic carbocycles. The lowest BCUT2D eigenvalue weighted by molar-refractivity contribution is 0.414. The van der Waals surface area contributed by atoms with E-state index >= 15 is 0 Å². The van der Waals surface area contributed by atoms with Crippen LogP contribution in [0.15, 0.2) is 24.4 Å². The number of hydrogen-bond donors (Lipinski definition) is 1. The first-order chi connectivity index (χ1) is 6.86. The van der Waals surface area contributed by atoms with Crippen LogP contribution in [0, 0.1) is 5.92 Å². The molecule has 1 fully saturated rings. The molecule has 1 saturated heterocycles. The van der Waals surface area contributed by atoms with E-state index in [1.165, 1.54) is 25.1 Å². The average Bonchev–Trinajstić information content (AvgIpc) is 2.72. The van der Waals surface area contributed by atoms with Gasteiger partial charge in [0.25, 0.3) is 0 Å². The van der Waals surface area contributed by atoms with Crippen molar-refractivity contribution in [2.24, 2.45) is 5.92 Å². The topological polar surface area (TPSA) is 24.9 Å². The van der Waals surface area contributed by atoms with E-state index in [-0.39, 0.29) is 0 Å².